The van der Waals surface area contributed by atoms with Crippen molar-refractivity contribution in [3.8, 4) is 0 Å². The van der Waals surface area contributed by atoms with Crippen LogP contribution in [-0.2, 0) is 11.3 Å². The number of likely N-dealkylation sites (tertiary alicyclic amines) is 1. The molecule has 0 atom stereocenters. The molecule has 0 saturated carbocycles. The van der Waals surface area contributed by atoms with E-state index in [1.54, 1.807) is 6.07 Å². The molecule has 1 aliphatic rings. The molecule has 1 fully saturated rings. The van der Waals surface area contributed by atoms with Crippen molar-refractivity contribution in [1.29, 1.82) is 0 Å². The molecule has 0 amide bonds. The Morgan fingerprint density at radius 1 is 1.33 bits per heavy atom. The highest BCUT2D eigenvalue weighted by molar-refractivity contribution is 6.29. The summed E-state index contributed by atoms with van der Waals surface area (Å²) in [6, 6.07) is 3.78. The monoisotopic (exact) mass is 264 g/mol. The van der Waals surface area contributed by atoms with Crippen LogP contribution in [0.5, 0.6) is 0 Å². The molecule has 1 saturated heterocycles. The van der Waals surface area contributed by atoms with Crippen LogP contribution in [0.1, 0.15) is 6.42 Å². The van der Waals surface area contributed by atoms with Gasteiger partial charge < -0.3 is 4.57 Å². The molecule has 18 heavy (non-hydrogen) atoms. The highest BCUT2D eigenvalue weighted by Gasteiger charge is 2.18. The minimum absolute atomic E-state index is 0.332. The van der Waals surface area contributed by atoms with Gasteiger partial charge in [-0.15, -0.1) is 10.2 Å². The Kier molecular flexibility index (Phi) is 3.01. The average Bonchev–Trinajstić information content (AvgIpc) is 2.92. The summed E-state index contributed by atoms with van der Waals surface area (Å²) in [5.74, 6) is 0.332. The Hall–Kier alpha value is -1.46. The van der Waals surface area contributed by atoms with Gasteiger partial charge in [-0.1, -0.05) is 11.6 Å². The number of carbonyl (C=O) groups is 1. The van der Waals surface area contributed by atoms with E-state index < -0.39 is 0 Å². The molecule has 2 aromatic heterocycles. The molecule has 1 aliphatic heterocycles. The smallest absolute Gasteiger partial charge is 0.162 e. The van der Waals surface area contributed by atoms with Crippen LogP contribution in [0.4, 0.5) is 0 Å². The molecule has 6 heteroatoms. The number of halogens is 1. The van der Waals surface area contributed by atoms with E-state index in [4.69, 9.17) is 11.6 Å². The summed E-state index contributed by atoms with van der Waals surface area (Å²) in [7, 11) is 0. The number of nitrogens with zero attached hydrogens (tertiary/aromatic N) is 4. The molecule has 0 N–H and O–H groups in total. The van der Waals surface area contributed by atoms with Crippen LogP contribution in [0.2, 0.25) is 5.15 Å². The van der Waals surface area contributed by atoms with Crippen LogP contribution >= 0.6 is 11.6 Å². The zero-order valence-electron chi connectivity index (χ0n) is 9.84. The third kappa shape index (κ3) is 2.23. The first-order valence-electron chi connectivity index (χ1n) is 5.94. The van der Waals surface area contributed by atoms with Gasteiger partial charge in [0.2, 0.25) is 0 Å². The minimum atomic E-state index is 0.332. The van der Waals surface area contributed by atoms with Crippen molar-refractivity contribution in [3.63, 3.8) is 0 Å². The second-order valence-corrected chi connectivity index (χ2v) is 4.91. The van der Waals surface area contributed by atoms with Gasteiger partial charge in [0.05, 0.1) is 6.54 Å². The fourth-order valence-corrected chi connectivity index (χ4v) is 2.43. The molecule has 0 bridgehead atoms. The van der Waals surface area contributed by atoms with E-state index in [1.807, 2.05) is 16.8 Å². The van der Waals surface area contributed by atoms with Crippen LogP contribution in [0.25, 0.3) is 11.0 Å². The molecule has 0 radical (unpaired) electrons. The van der Waals surface area contributed by atoms with Crippen LogP contribution in [0, 0.1) is 0 Å². The minimum Gasteiger partial charge on any atom is -0.330 e. The van der Waals surface area contributed by atoms with Gasteiger partial charge in [0.1, 0.15) is 5.78 Å². The summed E-state index contributed by atoms with van der Waals surface area (Å²) >= 11 is 5.80. The Labute approximate surface area is 109 Å². The van der Waals surface area contributed by atoms with E-state index in [9.17, 15) is 4.79 Å². The van der Waals surface area contributed by atoms with Gasteiger partial charge in [0, 0.05) is 37.6 Å². The van der Waals surface area contributed by atoms with E-state index >= 15 is 0 Å². The first-order chi connectivity index (χ1) is 8.72. The number of carbonyl (C=O) groups excluding carboxylic acids is 1. The van der Waals surface area contributed by atoms with Crippen LogP contribution < -0.4 is 0 Å². The number of aromatic nitrogens is 3. The summed E-state index contributed by atoms with van der Waals surface area (Å²) in [6.07, 6.45) is 2.66. The van der Waals surface area contributed by atoms with E-state index in [1.165, 1.54) is 0 Å². The predicted molar refractivity (Wildman–Crippen MR) is 68.6 cm³/mol. The van der Waals surface area contributed by atoms with Crippen LogP contribution in [0.3, 0.4) is 0 Å². The first kappa shape index (κ1) is 11.6. The van der Waals surface area contributed by atoms with Crippen molar-refractivity contribution in [3.05, 3.63) is 23.5 Å². The molecule has 3 rings (SSSR count). The van der Waals surface area contributed by atoms with Crippen molar-refractivity contribution >= 4 is 28.4 Å². The van der Waals surface area contributed by atoms with Gasteiger partial charge in [-0.25, -0.2) is 0 Å². The maximum Gasteiger partial charge on any atom is 0.162 e. The maximum atomic E-state index is 11.2. The highest BCUT2D eigenvalue weighted by Crippen LogP contribution is 2.16. The average molecular weight is 265 g/mol. The number of ketones is 1. The van der Waals surface area contributed by atoms with E-state index in [-0.39, 0.29) is 0 Å². The van der Waals surface area contributed by atoms with Gasteiger partial charge in [0.15, 0.2) is 10.8 Å². The van der Waals surface area contributed by atoms with Gasteiger partial charge >= 0.3 is 0 Å². The quantitative estimate of drug-likeness (QED) is 0.840. The van der Waals surface area contributed by atoms with Crippen LogP contribution in [-0.4, -0.2) is 45.1 Å². The molecule has 94 valence electrons. The second kappa shape index (κ2) is 4.66. The third-order valence-electron chi connectivity index (χ3n) is 3.24. The van der Waals surface area contributed by atoms with Crippen molar-refractivity contribution < 1.29 is 4.79 Å². The number of fused-ring (bicyclic) bond motifs is 1. The lowest BCUT2D eigenvalue weighted by atomic mass is 10.4. The summed E-state index contributed by atoms with van der Waals surface area (Å²) in [5, 5.41) is 9.36. The Bertz CT molecular complexity index is 595. The molecule has 0 unspecified atom stereocenters. The van der Waals surface area contributed by atoms with E-state index in [0.29, 0.717) is 23.9 Å². The lowest BCUT2D eigenvalue weighted by Gasteiger charge is -2.14. The second-order valence-electron chi connectivity index (χ2n) is 4.52. The fraction of sp³-hybridized carbons (Fsp3) is 0.417. The van der Waals surface area contributed by atoms with E-state index in [0.717, 1.165) is 30.7 Å². The van der Waals surface area contributed by atoms with Gasteiger partial charge in [-0.2, -0.15) is 0 Å². The van der Waals surface area contributed by atoms with Crippen molar-refractivity contribution in [2.75, 3.05) is 19.6 Å². The van der Waals surface area contributed by atoms with Gasteiger partial charge in [-0.3, -0.25) is 9.69 Å². The molecular weight excluding hydrogens is 252 g/mol. The predicted octanol–water partition coefficient (Wildman–Crippen LogP) is 1.36. The van der Waals surface area contributed by atoms with Crippen LogP contribution in [0.15, 0.2) is 18.3 Å². The number of hydrogen-bond donors (Lipinski definition) is 0. The fourth-order valence-electron chi connectivity index (χ4n) is 2.27. The Morgan fingerprint density at radius 2 is 2.22 bits per heavy atom. The first-order valence-corrected chi connectivity index (χ1v) is 6.32. The molecule has 0 spiro atoms. The van der Waals surface area contributed by atoms with Crippen molar-refractivity contribution in [2.24, 2.45) is 0 Å². The SMILES string of the molecule is O=C1CCN(CCn2ccc3cc(Cl)nnc32)C1. The van der Waals surface area contributed by atoms with Gasteiger partial charge in [0.25, 0.3) is 0 Å². The topological polar surface area (TPSA) is 51.0 Å². The normalized spacial score (nSPS) is 16.8. The highest BCUT2D eigenvalue weighted by atomic mass is 35.5. The zero-order chi connectivity index (χ0) is 12.5. The zero-order valence-corrected chi connectivity index (χ0v) is 10.6. The molecule has 5 nitrogen and oxygen atoms in total. The third-order valence-corrected chi connectivity index (χ3v) is 3.43. The molecule has 3 heterocycles. The number of rotatable bonds is 3. The number of hydrogen-bond acceptors (Lipinski definition) is 4. The Balaban J connectivity index is 1.73. The molecular formula is C12H13ClN4O. The standard InChI is InChI=1S/C12H13ClN4O/c13-11-7-9-1-4-17(12(9)15-14-11)6-5-16-3-2-10(18)8-16/h1,4,7H,2-3,5-6,8H2. The van der Waals surface area contributed by atoms with Crippen molar-refractivity contribution in [1.82, 2.24) is 19.7 Å². The molecule has 2 aromatic rings. The lowest BCUT2D eigenvalue weighted by molar-refractivity contribution is -0.116. The summed E-state index contributed by atoms with van der Waals surface area (Å²) in [6.45, 7) is 3.12. The molecule has 0 aliphatic carbocycles. The summed E-state index contributed by atoms with van der Waals surface area (Å²) < 4.78 is 2.04. The number of Topliss-reactive ketones (excluding diaryl/α,β-unsaturated/α-hetero) is 1. The maximum absolute atomic E-state index is 11.2. The van der Waals surface area contributed by atoms with E-state index in [2.05, 4.69) is 15.1 Å². The Morgan fingerprint density at radius 3 is 3.00 bits per heavy atom. The van der Waals surface area contributed by atoms with Gasteiger partial charge in [-0.05, 0) is 12.1 Å². The largest absolute Gasteiger partial charge is 0.330 e. The summed E-state index contributed by atoms with van der Waals surface area (Å²) in [5.41, 5.74) is 0.838. The lowest BCUT2D eigenvalue weighted by Crippen LogP contribution is -2.25. The molecule has 0 aromatic carbocycles. The summed E-state index contributed by atoms with van der Waals surface area (Å²) in [4.78, 5) is 13.3. The van der Waals surface area contributed by atoms with Crippen molar-refractivity contribution in [2.45, 2.75) is 13.0 Å².